The molecule has 0 radical (unpaired) electrons. The predicted molar refractivity (Wildman–Crippen MR) is 56.8 cm³/mol. The van der Waals surface area contributed by atoms with E-state index in [-0.39, 0.29) is 11.7 Å². The fraction of sp³-hybridized carbons (Fsp3) is 0.545. The number of ether oxygens (including phenoxy) is 1. The third-order valence-corrected chi connectivity index (χ3v) is 2.72. The van der Waals surface area contributed by atoms with Gasteiger partial charge in [0, 0.05) is 13.0 Å². The quantitative estimate of drug-likeness (QED) is 0.826. The van der Waals surface area contributed by atoms with Crippen LogP contribution in [0.25, 0.3) is 0 Å². The van der Waals surface area contributed by atoms with Crippen molar-refractivity contribution < 1.29 is 9.13 Å². The van der Waals surface area contributed by atoms with Gasteiger partial charge < -0.3 is 10.5 Å². The summed E-state index contributed by atoms with van der Waals surface area (Å²) in [6, 6.07) is 2.98. The van der Waals surface area contributed by atoms with Crippen LogP contribution in [0, 0.1) is 11.7 Å². The van der Waals surface area contributed by atoms with Crippen molar-refractivity contribution in [3.05, 3.63) is 29.8 Å². The van der Waals surface area contributed by atoms with E-state index in [0.29, 0.717) is 12.3 Å². The Labute approximate surface area is 89.5 Å². The van der Waals surface area contributed by atoms with Gasteiger partial charge in [0.25, 0.3) is 0 Å². The number of aromatic nitrogens is 1. The third-order valence-electron chi connectivity index (χ3n) is 2.72. The van der Waals surface area contributed by atoms with Crippen LogP contribution in [-0.4, -0.2) is 18.7 Å². The first-order valence-electron chi connectivity index (χ1n) is 4.88. The Balaban J connectivity index is 2.89. The summed E-state index contributed by atoms with van der Waals surface area (Å²) in [7, 11) is 1.63. The molecule has 0 aliphatic rings. The van der Waals surface area contributed by atoms with Crippen molar-refractivity contribution in [2.75, 3.05) is 13.7 Å². The molecule has 84 valence electrons. The van der Waals surface area contributed by atoms with Gasteiger partial charge in [0.2, 0.25) is 0 Å². The average Bonchev–Trinajstić information content (AvgIpc) is 2.18. The van der Waals surface area contributed by atoms with E-state index in [1.165, 1.54) is 12.3 Å². The smallest absolute Gasteiger partial charge is 0.141 e. The summed E-state index contributed by atoms with van der Waals surface area (Å²) >= 11 is 0. The van der Waals surface area contributed by atoms with E-state index in [0.717, 1.165) is 0 Å². The molecule has 1 rings (SSSR count). The number of nitrogens with two attached hydrogens (primary N) is 1. The molecule has 0 spiro atoms. The molecule has 2 N–H and O–H groups in total. The Morgan fingerprint density at radius 3 is 2.73 bits per heavy atom. The number of rotatable bonds is 4. The standard InChI is InChI=1S/C11H17FN2O/c1-8(7-15-3)11(2,13)10-5-4-9(12)6-14-10/h4-6,8H,7,13H2,1-3H3. The highest BCUT2D eigenvalue weighted by Gasteiger charge is 2.29. The van der Waals surface area contributed by atoms with E-state index in [1.54, 1.807) is 13.2 Å². The molecular formula is C11H17FN2O. The lowest BCUT2D eigenvalue weighted by Gasteiger charge is -2.30. The Hall–Kier alpha value is -1.00. The maximum atomic E-state index is 12.7. The highest BCUT2D eigenvalue weighted by Crippen LogP contribution is 2.24. The fourth-order valence-electron chi connectivity index (χ4n) is 1.37. The molecule has 2 unspecified atom stereocenters. The van der Waals surface area contributed by atoms with Gasteiger partial charge in [0.1, 0.15) is 5.82 Å². The second kappa shape index (κ2) is 4.68. The largest absolute Gasteiger partial charge is 0.384 e. The summed E-state index contributed by atoms with van der Waals surface area (Å²) in [6.45, 7) is 4.40. The maximum Gasteiger partial charge on any atom is 0.141 e. The highest BCUT2D eigenvalue weighted by atomic mass is 19.1. The Bertz CT molecular complexity index is 311. The first-order chi connectivity index (χ1) is 6.98. The number of methoxy groups -OCH3 is 1. The molecule has 0 aromatic carbocycles. The molecule has 3 nitrogen and oxygen atoms in total. The summed E-state index contributed by atoms with van der Waals surface area (Å²) in [5, 5.41) is 0. The van der Waals surface area contributed by atoms with E-state index in [4.69, 9.17) is 10.5 Å². The highest BCUT2D eigenvalue weighted by molar-refractivity contribution is 5.15. The van der Waals surface area contributed by atoms with Crippen molar-refractivity contribution in [2.45, 2.75) is 19.4 Å². The van der Waals surface area contributed by atoms with Crippen LogP contribution in [0.2, 0.25) is 0 Å². The molecule has 0 saturated heterocycles. The molecule has 1 aromatic rings. The van der Waals surface area contributed by atoms with E-state index in [1.807, 2.05) is 13.8 Å². The Morgan fingerprint density at radius 2 is 2.27 bits per heavy atom. The van der Waals surface area contributed by atoms with Crippen LogP contribution in [0.15, 0.2) is 18.3 Å². The van der Waals surface area contributed by atoms with E-state index in [9.17, 15) is 4.39 Å². The van der Waals surface area contributed by atoms with Gasteiger partial charge in [0.15, 0.2) is 0 Å². The second-order valence-corrected chi connectivity index (χ2v) is 4.00. The Kier molecular flexibility index (Phi) is 3.77. The zero-order chi connectivity index (χ0) is 11.5. The van der Waals surface area contributed by atoms with Crippen LogP contribution in [0.1, 0.15) is 19.5 Å². The molecule has 15 heavy (non-hydrogen) atoms. The van der Waals surface area contributed by atoms with Crippen molar-refractivity contribution in [1.29, 1.82) is 0 Å². The van der Waals surface area contributed by atoms with Gasteiger partial charge in [-0.05, 0) is 19.1 Å². The lowest BCUT2D eigenvalue weighted by atomic mass is 9.85. The first-order valence-corrected chi connectivity index (χ1v) is 4.88. The van der Waals surface area contributed by atoms with Gasteiger partial charge >= 0.3 is 0 Å². The molecule has 0 aliphatic carbocycles. The summed E-state index contributed by atoms with van der Waals surface area (Å²) < 4.78 is 17.7. The van der Waals surface area contributed by atoms with Gasteiger partial charge in [-0.25, -0.2) is 4.39 Å². The van der Waals surface area contributed by atoms with E-state index >= 15 is 0 Å². The molecule has 0 fully saturated rings. The van der Waals surface area contributed by atoms with Crippen molar-refractivity contribution >= 4 is 0 Å². The van der Waals surface area contributed by atoms with E-state index < -0.39 is 5.54 Å². The zero-order valence-corrected chi connectivity index (χ0v) is 9.33. The average molecular weight is 212 g/mol. The molecule has 1 heterocycles. The van der Waals surface area contributed by atoms with Gasteiger partial charge in [-0.3, -0.25) is 4.98 Å². The van der Waals surface area contributed by atoms with Gasteiger partial charge in [0.05, 0.1) is 24.0 Å². The fourth-order valence-corrected chi connectivity index (χ4v) is 1.37. The molecule has 0 saturated carbocycles. The Morgan fingerprint density at radius 1 is 1.60 bits per heavy atom. The number of nitrogens with zero attached hydrogens (tertiary/aromatic N) is 1. The van der Waals surface area contributed by atoms with Crippen LogP contribution >= 0.6 is 0 Å². The number of hydrogen-bond acceptors (Lipinski definition) is 3. The van der Waals surface area contributed by atoms with Crippen LogP contribution in [-0.2, 0) is 10.3 Å². The molecule has 0 bridgehead atoms. The molecular weight excluding hydrogens is 195 g/mol. The van der Waals surface area contributed by atoms with Crippen molar-refractivity contribution in [3.63, 3.8) is 0 Å². The minimum absolute atomic E-state index is 0.112. The van der Waals surface area contributed by atoms with Gasteiger partial charge in [-0.1, -0.05) is 6.92 Å². The van der Waals surface area contributed by atoms with Crippen molar-refractivity contribution in [2.24, 2.45) is 11.7 Å². The van der Waals surface area contributed by atoms with Gasteiger partial charge in [-0.15, -0.1) is 0 Å². The molecule has 4 heteroatoms. The third kappa shape index (κ3) is 2.73. The van der Waals surface area contributed by atoms with Crippen LogP contribution in [0.4, 0.5) is 4.39 Å². The van der Waals surface area contributed by atoms with Gasteiger partial charge in [-0.2, -0.15) is 0 Å². The minimum atomic E-state index is -0.607. The monoisotopic (exact) mass is 212 g/mol. The second-order valence-electron chi connectivity index (χ2n) is 4.00. The van der Waals surface area contributed by atoms with Crippen molar-refractivity contribution in [1.82, 2.24) is 4.98 Å². The number of pyridine rings is 1. The first kappa shape index (κ1) is 12.1. The molecule has 0 aliphatic heterocycles. The predicted octanol–water partition coefficient (Wildman–Crippen LogP) is 1.68. The summed E-state index contributed by atoms with van der Waals surface area (Å²) in [5.74, 6) is -0.241. The summed E-state index contributed by atoms with van der Waals surface area (Å²) in [4.78, 5) is 4.00. The lowest BCUT2D eigenvalue weighted by Crippen LogP contribution is -2.42. The van der Waals surface area contributed by atoms with Crippen LogP contribution < -0.4 is 5.73 Å². The summed E-state index contributed by atoms with van der Waals surface area (Å²) in [5.41, 5.74) is 6.22. The zero-order valence-electron chi connectivity index (χ0n) is 9.33. The normalized spacial score (nSPS) is 17.1. The van der Waals surface area contributed by atoms with Crippen LogP contribution in [0.5, 0.6) is 0 Å². The maximum absolute atomic E-state index is 12.7. The number of hydrogen-bond donors (Lipinski definition) is 1. The number of halogens is 1. The molecule has 2 atom stereocenters. The van der Waals surface area contributed by atoms with Crippen LogP contribution in [0.3, 0.4) is 0 Å². The minimum Gasteiger partial charge on any atom is -0.384 e. The summed E-state index contributed by atoms with van der Waals surface area (Å²) in [6.07, 6.45) is 1.18. The van der Waals surface area contributed by atoms with E-state index in [2.05, 4.69) is 4.98 Å². The lowest BCUT2D eigenvalue weighted by molar-refractivity contribution is 0.119. The molecule has 0 amide bonds. The molecule has 1 aromatic heterocycles. The SMILES string of the molecule is COCC(C)C(C)(N)c1ccc(F)cn1. The topological polar surface area (TPSA) is 48.1 Å². The van der Waals surface area contributed by atoms with Crippen molar-refractivity contribution in [3.8, 4) is 0 Å².